The average Bonchev–Trinajstić information content (AvgIpc) is 3.65. The van der Waals surface area contributed by atoms with Gasteiger partial charge in [0.15, 0.2) is 5.76 Å². The number of aromatic carboxylic acids is 1. The minimum Gasteiger partial charge on any atom is -0.486 e. The van der Waals surface area contributed by atoms with E-state index < -0.39 is 22.5 Å². The largest absolute Gasteiger partial charge is 0.486 e. The highest BCUT2D eigenvalue weighted by Crippen LogP contribution is 2.34. The smallest absolute Gasteiger partial charge is 0.335 e. The zero-order chi connectivity index (χ0) is 32.8. The number of nitrogens with zero attached hydrogens (tertiary/aromatic N) is 3. The van der Waals surface area contributed by atoms with Crippen molar-refractivity contribution in [3.05, 3.63) is 140 Å². The van der Waals surface area contributed by atoms with E-state index in [1.165, 1.54) is 30.3 Å². The fourth-order valence-corrected chi connectivity index (χ4v) is 4.87. The molecule has 0 fully saturated rings. The first kappa shape index (κ1) is 31.5. The van der Waals surface area contributed by atoms with Crippen LogP contribution in [0.4, 0.5) is 5.69 Å². The normalized spacial score (nSPS) is 11.0. The molecule has 234 valence electrons. The highest BCUT2D eigenvalue weighted by Gasteiger charge is 2.21. The van der Waals surface area contributed by atoms with Crippen molar-refractivity contribution in [1.82, 2.24) is 9.99 Å². The van der Waals surface area contributed by atoms with E-state index in [1.54, 1.807) is 12.1 Å². The van der Waals surface area contributed by atoms with E-state index in [2.05, 4.69) is 27.2 Å². The highest BCUT2D eigenvalue weighted by molar-refractivity contribution is 6.31. The van der Waals surface area contributed by atoms with Crippen LogP contribution in [0.25, 0.3) is 5.69 Å². The van der Waals surface area contributed by atoms with Gasteiger partial charge in [-0.1, -0.05) is 23.7 Å². The van der Waals surface area contributed by atoms with Crippen molar-refractivity contribution in [2.75, 3.05) is 0 Å². The number of benzene rings is 3. The summed E-state index contributed by atoms with van der Waals surface area (Å²) in [6.07, 6.45) is 1.15. The maximum atomic E-state index is 12.7. The molecule has 46 heavy (non-hydrogen) atoms. The van der Waals surface area contributed by atoms with E-state index in [0.29, 0.717) is 17.1 Å². The third kappa shape index (κ3) is 7.42. The Morgan fingerprint density at radius 3 is 2.43 bits per heavy atom. The number of hydrogen-bond acceptors (Lipinski definition) is 8. The summed E-state index contributed by atoms with van der Waals surface area (Å²) in [6.45, 7) is 3.98. The highest BCUT2D eigenvalue weighted by atomic mass is 35.5. The second-order valence-electron chi connectivity index (χ2n) is 10.1. The average molecular weight is 643 g/mol. The van der Waals surface area contributed by atoms with Crippen LogP contribution >= 0.6 is 11.6 Å². The molecule has 2 heterocycles. The van der Waals surface area contributed by atoms with E-state index >= 15 is 0 Å². The number of aromatic nitrogens is 1. The van der Waals surface area contributed by atoms with E-state index in [0.717, 1.165) is 29.4 Å². The Morgan fingerprint density at radius 2 is 1.74 bits per heavy atom. The molecule has 5 rings (SSSR count). The van der Waals surface area contributed by atoms with E-state index in [1.807, 2.05) is 38.1 Å². The van der Waals surface area contributed by atoms with Crippen molar-refractivity contribution in [1.29, 1.82) is 0 Å². The molecular formula is C33H27ClN4O8. The van der Waals surface area contributed by atoms with Gasteiger partial charge in [-0.15, -0.1) is 0 Å². The number of furan rings is 1. The lowest BCUT2D eigenvalue weighted by atomic mass is 10.1. The Labute approximate surface area is 267 Å². The number of amides is 1. The topological polar surface area (TPSA) is 158 Å². The Bertz CT molecular complexity index is 1930. The van der Waals surface area contributed by atoms with Gasteiger partial charge in [-0.05, 0) is 86.1 Å². The summed E-state index contributed by atoms with van der Waals surface area (Å²) in [5, 5.41) is 24.9. The standard InChI is InChI=1S/C33H27ClN4O8/c1-20-6-7-21(2)37(20)26-8-10-27(11-9-26)44-19-28-12-13-30(46-28)32(39)36-35-17-24-15-25(34)16-29(38(42)43)31(24)45-18-22-4-3-5-23(14-22)33(40)41/h3-17H,18-19H2,1-2H3,(H,36,39)(H,40,41)/b35-17+. The molecule has 12 nitrogen and oxygen atoms in total. The van der Waals surface area contributed by atoms with Crippen LogP contribution in [0.15, 0.2) is 94.4 Å². The number of carboxylic acid groups (broad SMARTS) is 1. The summed E-state index contributed by atoms with van der Waals surface area (Å²) >= 11 is 6.09. The molecule has 0 radical (unpaired) electrons. The van der Waals surface area contributed by atoms with Crippen molar-refractivity contribution in [2.24, 2.45) is 5.10 Å². The number of ether oxygens (including phenoxy) is 2. The molecule has 0 aliphatic rings. The van der Waals surface area contributed by atoms with Crippen molar-refractivity contribution < 1.29 is 33.5 Å². The van der Waals surface area contributed by atoms with E-state index in [9.17, 15) is 24.8 Å². The Hall–Kier alpha value is -5.88. The third-order valence-corrected chi connectivity index (χ3v) is 7.04. The molecule has 0 unspecified atom stereocenters. The molecular weight excluding hydrogens is 616 g/mol. The number of carbonyl (C=O) groups excluding carboxylic acids is 1. The van der Waals surface area contributed by atoms with Gasteiger partial charge in [0.05, 0.1) is 16.7 Å². The number of nitrogens with one attached hydrogen (secondary N) is 1. The van der Waals surface area contributed by atoms with E-state index in [4.69, 9.17) is 25.5 Å². The van der Waals surface area contributed by atoms with Gasteiger partial charge in [0.2, 0.25) is 5.75 Å². The summed E-state index contributed by atoms with van der Waals surface area (Å²) in [4.78, 5) is 35.0. The number of nitro benzene ring substituents is 1. The molecule has 0 saturated heterocycles. The van der Waals surface area contributed by atoms with Crippen LogP contribution in [-0.2, 0) is 13.2 Å². The zero-order valence-electron chi connectivity index (χ0n) is 24.6. The van der Waals surface area contributed by atoms with Crippen molar-refractivity contribution in [3.63, 3.8) is 0 Å². The van der Waals surface area contributed by atoms with E-state index in [-0.39, 0.29) is 40.9 Å². The minimum absolute atomic E-state index is 0.0310. The van der Waals surface area contributed by atoms with Gasteiger partial charge < -0.3 is 23.6 Å². The van der Waals surface area contributed by atoms with Gasteiger partial charge >= 0.3 is 17.6 Å². The number of carboxylic acids is 1. The fourth-order valence-electron chi connectivity index (χ4n) is 4.65. The second kappa shape index (κ2) is 13.8. The van der Waals surface area contributed by atoms with Crippen LogP contribution in [0.3, 0.4) is 0 Å². The molecule has 1 amide bonds. The molecule has 0 aliphatic carbocycles. The van der Waals surface area contributed by atoms with Crippen LogP contribution in [0.2, 0.25) is 5.02 Å². The van der Waals surface area contributed by atoms with Gasteiger partial charge in [-0.3, -0.25) is 14.9 Å². The molecule has 13 heteroatoms. The fraction of sp³-hybridized carbons (Fsp3) is 0.121. The summed E-state index contributed by atoms with van der Waals surface area (Å²) in [5.74, 6) is -0.963. The quantitative estimate of drug-likeness (QED) is 0.0847. The minimum atomic E-state index is -1.12. The molecule has 0 bridgehead atoms. The lowest BCUT2D eigenvalue weighted by Gasteiger charge is -2.11. The molecule has 0 spiro atoms. The van der Waals surface area contributed by atoms with Crippen LogP contribution in [0.1, 0.15) is 49.2 Å². The van der Waals surface area contributed by atoms with Crippen LogP contribution < -0.4 is 14.9 Å². The van der Waals surface area contributed by atoms with Crippen molar-refractivity contribution >= 4 is 35.4 Å². The maximum Gasteiger partial charge on any atom is 0.335 e. The molecule has 0 atom stereocenters. The van der Waals surface area contributed by atoms with Gasteiger partial charge in [0.25, 0.3) is 0 Å². The molecule has 2 aromatic heterocycles. The summed E-state index contributed by atoms with van der Waals surface area (Å²) in [7, 11) is 0. The first-order valence-corrected chi connectivity index (χ1v) is 14.2. The molecule has 0 aliphatic heterocycles. The maximum absolute atomic E-state index is 12.7. The summed E-state index contributed by atoms with van der Waals surface area (Å²) < 4.78 is 19.3. The van der Waals surface area contributed by atoms with Crippen molar-refractivity contribution in [2.45, 2.75) is 27.1 Å². The Morgan fingerprint density at radius 1 is 1.00 bits per heavy atom. The van der Waals surface area contributed by atoms with Crippen molar-refractivity contribution in [3.8, 4) is 17.2 Å². The predicted molar refractivity (Wildman–Crippen MR) is 169 cm³/mol. The predicted octanol–water partition coefficient (Wildman–Crippen LogP) is 6.87. The van der Waals surface area contributed by atoms with Gasteiger partial charge in [-0.2, -0.15) is 5.10 Å². The Kier molecular flexibility index (Phi) is 9.48. The Balaban J connectivity index is 1.22. The van der Waals surface area contributed by atoms with Crippen LogP contribution in [0.5, 0.6) is 11.5 Å². The first-order chi connectivity index (χ1) is 22.1. The first-order valence-electron chi connectivity index (χ1n) is 13.8. The van der Waals surface area contributed by atoms with Gasteiger partial charge in [0, 0.05) is 33.7 Å². The monoisotopic (exact) mass is 642 g/mol. The SMILES string of the molecule is Cc1ccc(C)n1-c1ccc(OCc2ccc(C(=O)N/N=C/c3cc(Cl)cc([N+](=O)[O-])c3OCc3cccc(C(=O)O)c3)o2)cc1. The molecule has 3 aromatic carbocycles. The number of halogens is 1. The second-order valence-corrected chi connectivity index (χ2v) is 10.5. The zero-order valence-corrected chi connectivity index (χ0v) is 25.4. The molecule has 0 saturated carbocycles. The van der Waals surface area contributed by atoms with Crippen LogP contribution in [0, 0.1) is 24.0 Å². The summed E-state index contributed by atoms with van der Waals surface area (Å²) in [5.41, 5.74) is 5.76. The van der Waals surface area contributed by atoms with Crippen LogP contribution in [-0.4, -0.2) is 32.7 Å². The number of hydrogen-bond donors (Lipinski definition) is 2. The number of nitro groups is 1. The number of carbonyl (C=O) groups is 2. The van der Waals surface area contributed by atoms with Gasteiger partial charge in [-0.25, -0.2) is 10.2 Å². The number of hydrazone groups is 1. The lowest BCUT2D eigenvalue weighted by molar-refractivity contribution is -0.385. The molecule has 2 N–H and O–H groups in total. The number of aryl methyl sites for hydroxylation is 2. The number of rotatable bonds is 12. The lowest BCUT2D eigenvalue weighted by Crippen LogP contribution is -2.17. The third-order valence-electron chi connectivity index (χ3n) is 6.82. The summed E-state index contributed by atoms with van der Waals surface area (Å²) in [6, 6.07) is 23.2. The van der Waals surface area contributed by atoms with Gasteiger partial charge in [0.1, 0.15) is 24.7 Å². The molecule has 5 aromatic rings.